The van der Waals surface area contributed by atoms with Crippen molar-refractivity contribution in [3.63, 3.8) is 0 Å². The van der Waals surface area contributed by atoms with Gasteiger partial charge in [0.2, 0.25) is 11.5 Å². The molecule has 0 fully saturated rings. The van der Waals surface area contributed by atoms with Crippen LogP contribution in [0.3, 0.4) is 0 Å². The number of carbonyl (C=O) groups excluding carboxylic acids is 2. The molecule has 0 atom stereocenters. The smallest absolute Gasteiger partial charge is 0.295 e. The highest BCUT2D eigenvalue weighted by Gasteiger charge is 2.18. The molecule has 0 saturated heterocycles. The number of hydrogen-bond acceptors (Lipinski definition) is 8. The summed E-state index contributed by atoms with van der Waals surface area (Å²) in [6.07, 6.45) is 2.59. The molecule has 3 heterocycles. The number of benzene rings is 1. The van der Waals surface area contributed by atoms with E-state index in [1.165, 1.54) is 23.9 Å². The Labute approximate surface area is 169 Å². The van der Waals surface area contributed by atoms with Gasteiger partial charge in [0.25, 0.3) is 11.8 Å². The molecule has 0 saturated carbocycles. The van der Waals surface area contributed by atoms with Crippen LogP contribution >= 0.6 is 11.3 Å². The zero-order valence-electron chi connectivity index (χ0n) is 15.2. The highest BCUT2D eigenvalue weighted by atomic mass is 32.1. The van der Waals surface area contributed by atoms with E-state index < -0.39 is 11.8 Å². The topological polar surface area (TPSA) is 108 Å². The Morgan fingerprint density at radius 3 is 2.28 bits per heavy atom. The summed E-state index contributed by atoms with van der Waals surface area (Å²) in [5, 5.41) is 7.67. The molecule has 0 bridgehead atoms. The number of anilines is 2. The van der Waals surface area contributed by atoms with Crippen LogP contribution in [0.5, 0.6) is 0 Å². The third-order valence-corrected chi connectivity index (χ3v) is 4.64. The maximum atomic E-state index is 12.2. The van der Waals surface area contributed by atoms with Gasteiger partial charge in [-0.1, -0.05) is 12.1 Å². The lowest BCUT2D eigenvalue weighted by Crippen LogP contribution is -2.21. The molecule has 0 aliphatic carbocycles. The first-order valence-corrected chi connectivity index (χ1v) is 9.65. The van der Waals surface area contributed by atoms with E-state index in [2.05, 4.69) is 15.6 Å². The second-order valence-electron chi connectivity index (χ2n) is 5.93. The second kappa shape index (κ2) is 8.65. The minimum atomic E-state index is -0.422. The lowest BCUT2D eigenvalue weighted by Gasteiger charge is -2.15. The van der Waals surface area contributed by atoms with Crippen LogP contribution in [0, 0.1) is 0 Å². The van der Waals surface area contributed by atoms with Crippen molar-refractivity contribution in [2.75, 3.05) is 37.1 Å². The van der Waals surface area contributed by atoms with Gasteiger partial charge in [0.1, 0.15) is 39.0 Å². The van der Waals surface area contributed by atoms with E-state index in [1.54, 1.807) is 18.2 Å². The van der Waals surface area contributed by atoms with Crippen molar-refractivity contribution in [2.45, 2.75) is 0 Å². The van der Waals surface area contributed by atoms with Crippen LogP contribution in [-0.4, -0.2) is 43.2 Å². The molecule has 9 nitrogen and oxygen atoms in total. The lowest BCUT2D eigenvalue weighted by atomic mass is 10.1. The molecule has 2 aliphatic rings. The number of ether oxygens (including phenoxy) is 4. The van der Waals surface area contributed by atoms with Crippen LogP contribution in [0.25, 0.3) is 11.3 Å². The van der Waals surface area contributed by atoms with Crippen LogP contribution < -0.4 is 10.6 Å². The first-order valence-electron chi connectivity index (χ1n) is 8.77. The molecule has 0 spiro atoms. The zero-order chi connectivity index (χ0) is 20.1. The van der Waals surface area contributed by atoms with E-state index in [9.17, 15) is 9.59 Å². The van der Waals surface area contributed by atoms with Crippen molar-refractivity contribution in [2.24, 2.45) is 0 Å². The van der Waals surface area contributed by atoms with Crippen LogP contribution in [0.15, 0.2) is 53.7 Å². The van der Waals surface area contributed by atoms with Crippen molar-refractivity contribution in [3.8, 4) is 11.3 Å². The number of thiazole rings is 1. The van der Waals surface area contributed by atoms with Crippen LogP contribution in [-0.2, 0) is 28.5 Å². The molecule has 29 heavy (non-hydrogen) atoms. The average Bonchev–Trinajstić information content (AvgIpc) is 3.24. The third-order valence-electron chi connectivity index (χ3n) is 3.89. The van der Waals surface area contributed by atoms with Gasteiger partial charge in [-0.05, 0) is 12.1 Å². The normalized spacial score (nSPS) is 15.4. The van der Waals surface area contributed by atoms with Crippen molar-refractivity contribution >= 4 is 34.0 Å². The predicted octanol–water partition coefficient (Wildman–Crippen LogP) is 2.46. The molecule has 1 aromatic heterocycles. The Morgan fingerprint density at radius 2 is 1.62 bits per heavy atom. The Hall–Kier alpha value is -3.53. The molecule has 2 amide bonds. The first kappa shape index (κ1) is 18.8. The summed E-state index contributed by atoms with van der Waals surface area (Å²) in [6, 6.07) is 7.20. The highest BCUT2D eigenvalue weighted by molar-refractivity contribution is 7.14. The van der Waals surface area contributed by atoms with Crippen LogP contribution in [0.1, 0.15) is 0 Å². The quantitative estimate of drug-likeness (QED) is 0.772. The van der Waals surface area contributed by atoms with E-state index in [0.29, 0.717) is 42.9 Å². The van der Waals surface area contributed by atoms with Gasteiger partial charge in [-0.2, -0.15) is 0 Å². The summed E-state index contributed by atoms with van der Waals surface area (Å²) < 4.78 is 20.7. The molecular weight excluding hydrogens is 398 g/mol. The molecule has 10 heteroatoms. The van der Waals surface area contributed by atoms with Crippen LogP contribution in [0.4, 0.5) is 10.8 Å². The van der Waals surface area contributed by atoms with E-state index in [4.69, 9.17) is 18.9 Å². The average molecular weight is 415 g/mol. The van der Waals surface area contributed by atoms with Gasteiger partial charge in [-0.25, -0.2) is 4.98 Å². The maximum absolute atomic E-state index is 12.2. The van der Waals surface area contributed by atoms with E-state index in [1.807, 2.05) is 11.4 Å². The number of carbonyl (C=O) groups is 2. The SMILES string of the molecule is O=C(Nc1cccc(-c2csc(NC(=O)C3=COCCO3)n2)c1)C1=COCCO1. The Kier molecular flexibility index (Phi) is 5.61. The summed E-state index contributed by atoms with van der Waals surface area (Å²) >= 11 is 1.28. The molecule has 1 aromatic carbocycles. The Balaban J connectivity index is 1.43. The highest BCUT2D eigenvalue weighted by Crippen LogP contribution is 2.27. The van der Waals surface area contributed by atoms with Crippen molar-refractivity contribution in [1.29, 1.82) is 0 Å². The number of nitrogens with zero attached hydrogens (tertiary/aromatic N) is 1. The largest absolute Gasteiger partial charge is 0.494 e. The van der Waals surface area contributed by atoms with Gasteiger partial charge >= 0.3 is 0 Å². The summed E-state index contributed by atoms with van der Waals surface area (Å²) in [6.45, 7) is 1.50. The molecule has 0 radical (unpaired) electrons. The lowest BCUT2D eigenvalue weighted by molar-refractivity contribution is -0.118. The third kappa shape index (κ3) is 4.66. The molecular formula is C19H17N3O6S. The van der Waals surface area contributed by atoms with Crippen molar-refractivity contribution < 1.29 is 28.5 Å². The fourth-order valence-corrected chi connectivity index (χ4v) is 3.26. The minimum Gasteiger partial charge on any atom is -0.494 e. The molecule has 2 aliphatic heterocycles. The number of nitrogens with one attached hydrogen (secondary N) is 2. The summed E-state index contributed by atoms with van der Waals surface area (Å²) in [5.41, 5.74) is 2.03. The van der Waals surface area contributed by atoms with Gasteiger partial charge in [0, 0.05) is 16.6 Å². The molecule has 2 N–H and O–H groups in total. The summed E-state index contributed by atoms with van der Waals surface area (Å²) in [5.74, 6) is -0.574. The molecule has 150 valence electrons. The van der Waals surface area contributed by atoms with E-state index >= 15 is 0 Å². The monoisotopic (exact) mass is 415 g/mol. The number of aromatic nitrogens is 1. The zero-order valence-corrected chi connectivity index (χ0v) is 16.0. The van der Waals surface area contributed by atoms with Gasteiger partial charge in [-0.3, -0.25) is 14.9 Å². The number of rotatable bonds is 5. The maximum Gasteiger partial charge on any atom is 0.295 e. The first-order chi connectivity index (χ1) is 14.2. The summed E-state index contributed by atoms with van der Waals surface area (Å²) in [4.78, 5) is 28.8. The van der Waals surface area contributed by atoms with E-state index in [-0.39, 0.29) is 11.5 Å². The van der Waals surface area contributed by atoms with Crippen molar-refractivity contribution in [3.05, 3.63) is 53.7 Å². The second-order valence-corrected chi connectivity index (χ2v) is 6.79. The molecule has 2 aromatic rings. The molecule has 4 rings (SSSR count). The number of hydrogen-bond donors (Lipinski definition) is 2. The predicted molar refractivity (Wildman–Crippen MR) is 105 cm³/mol. The Bertz CT molecular complexity index is 984. The fraction of sp³-hybridized carbons (Fsp3) is 0.211. The minimum absolute atomic E-state index is 0.112. The van der Waals surface area contributed by atoms with Gasteiger partial charge < -0.3 is 24.3 Å². The fourth-order valence-electron chi connectivity index (χ4n) is 2.55. The van der Waals surface area contributed by atoms with Gasteiger partial charge in [0.05, 0.1) is 5.69 Å². The van der Waals surface area contributed by atoms with Gasteiger partial charge in [0.15, 0.2) is 5.13 Å². The number of amides is 2. The van der Waals surface area contributed by atoms with Gasteiger partial charge in [-0.15, -0.1) is 11.3 Å². The summed E-state index contributed by atoms with van der Waals surface area (Å²) in [7, 11) is 0. The van der Waals surface area contributed by atoms with Crippen LogP contribution in [0.2, 0.25) is 0 Å². The Morgan fingerprint density at radius 1 is 0.931 bits per heavy atom. The standard InChI is InChI=1S/C19H17N3O6S/c23-17(15-9-25-4-6-27-15)20-13-3-1-2-12(8-13)14-11-29-19(21-14)22-18(24)16-10-26-5-7-28-16/h1-3,8-11H,4-7H2,(H,20,23)(H,21,22,24). The van der Waals surface area contributed by atoms with E-state index in [0.717, 1.165) is 5.56 Å². The van der Waals surface area contributed by atoms with Crippen molar-refractivity contribution in [1.82, 2.24) is 4.98 Å². The molecule has 0 unspecified atom stereocenters.